The third-order valence-electron chi connectivity index (χ3n) is 9.61. The Morgan fingerprint density at radius 3 is 1.84 bits per heavy atom. The van der Waals surface area contributed by atoms with Gasteiger partial charge in [-0.2, -0.15) is 0 Å². The van der Waals surface area contributed by atoms with Crippen LogP contribution in [-0.2, 0) is 12.5 Å². The fourth-order valence-electron chi connectivity index (χ4n) is 6.84. The van der Waals surface area contributed by atoms with Crippen LogP contribution in [0.1, 0.15) is 26.3 Å². The van der Waals surface area contributed by atoms with Crippen molar-refractivity contribution in [2.75, 3.05) is 0 Å². The molecule has 0 aliphatic rings. The Labute approximate surface area is 298 Å². The zero-order chi connectivity index (χ0) is 35.1. The highest BCUT2D eigenvalue weighted by molar-refractivity contribution is 5.96. The van der Waals surface area contributed by atoms with Gasteiger partial charge in [0.25, 0.3) is 0 Å². The van der Waals surface area contributed by atoms with Gasteiger partial charge in [0.1, 0.15) is 11.6 Å². The average Bonchev–Trinajstić information content (AvgIpc) is 3.51. The molecule has 0 fully saturated rings. The first-order valence-corrected chi connectivity index (χ1v) is 17.2. The Morgan fingerprint density at radius 2 is 1.16 bits per heavy atom. The standard InChI is InChI=1S/C46H38N4O/c1-46(2,3)40-29-47-28-39(44(40)51)45-49-43-38(16-11-17-42(43)50(45)4)36-24-35(31-14-9-6-10-15-31)25-37(26-36)41-27-34(22-23-48-41)33-20-18-32(19-21-33)30-12-7-5-8-13-30/h5-29H,1-4H3,(H,47,51). The summed E-state index contributed by atoms with van der Waals surface area (Å²) in [6.07, 6.45) is 5.34. The molecule has 0 amide bonds. The lowest BCUT2D eigenvalue weighted by atomic mass is 9.86. The maximum absolute atomic E-state index is 11.4. The maximum atomic E-state index is 11.4. The molecule has 5 nitrogen and oxygen atoms in total. The number of fused-ring (bicyclic) bond motifs is 1. The SMILES string of the molecule is Cn1c(-c2cncc(C(C)(C)C)c2O)nc2c(-c3cc(-c4ccccc4)cc(-c4cc(-c5ccc(-c6ccccc6)cc5)ccn4)c3)cccc21. The highest BCUT2D eigenvalue weighted by Gasteiger charge is 2.24. The van der Waals surface area contributed by atoms with Crippen LogP contribution >= 0.6 is 0 Å². The molecule has 1 N–H and O–H groups in total. The van der Waals surface area contributed by atoms with E-state index >= 15 is 0 Å². The summed E-state index contributed by atoms with van der Waals surface area (Å²) in [4.78, 5) is 14.5. The lowest BCUT2D eigenvalue weighted by Gasteiger charge is -2.21. The second-order valence-electron chi connectivity index (χ2n) is 14.0. The molecule has 8 rings (SSSR count). The van der Waals surface area contributed by atoms with Gasteiger partial charge in [0.2, 0.25) is 0 Å². The number of nitrogens with zero attached hydrogens (tertiary/aromatic N) is 4. The Bertz CT molecular complexity index is 2510. The highest BCUT2D eigenvalue weighted by Crippen LogP contribution is 2.41. The molecule has 5 aromatic carbocycles. The van der Waals surface area contributed by atoms with Crippen molar-refractivity contribution in [1.29, 1.82) is 0 Å². The molecule has 3 aromatic heterocycles. The summed E-state index contributed by atoms with van der Waals surface area (Å²) in [5.74, 6) is 0.882. The molecule has 0 aliphatic heterocycles. The smallest absolute Gasteiger partial charge is 0.146 e. The van der Waals surface area contributed by atoms with Gasteiger partial charge in [-0.3, -0.25) is 9.97 Å². The molecule has 248 valence electrons. The zero-order valence-corrected chi connectivity index (χ0v) is 29.2. The van der Waals surface area contributed by atoms with Gasteiger partial charge in [-0.1, -0.05) is 118 Å². The van der Waals surface area contributed by atoms with E-state index in [-0.39, 0.29) is 11.2 Å². The molecule has 0 spiro atoms. The van der Waals surface area contributed by atoms with Crippen molar-refractivity contribution in [3.05, 3.63) is 158 Å². The van der Waals surface area contributed by atoms with Crippen LogP contribution in [0.3, 0.4) is 0 Å². The van der Waals surface area contributed by atoms with Crippen LogP contribution in [0, 0.1) is 0 Å². The number of hydrogen-bond acceptors (Lipinski definition) is 4. The monoisotopic (exact) mass is 662 g/mol. The number of aromatic nitrogens is 4. The van der Waals surface area contributed by atoms with Crippen molar-refractivity contribution in [2.24, 2.45) is 7.05 Å². The Morgan fingerprint density at radius 1 is 0.549 bits per heavy atom. The van der Waals surface area contributed by atoms with Crippen molar-refractivity contribution in [1.82, 2.24) is 19.5 Å². The van der Waals surface area contributed by atoms with E-state index in [0.29, 0.717) is 11.4 Å². The predicted molar refractivity (Wildman–Crippen MR) is 209 cm³/mol. The Kier molecular flexibility index (Phi) is 8.04. The van der Waals surface area contributed by atoms with Crippen LogP contribution in [0.5, 0.6) is 5.75 Å². The van der Waals surface area contributed by atoms with Crippen molar-refractivity contribution in [3.8, 4) is 72.9 Å². The van der Waals surface area contributed by atoms with Gasteiger partial charge in [-0.25, -0.2) is 4.98 Å². The summed E-state index contributed by atoms with van der Waals surface area (Å²) in [7, 11) is 1.99. The lowest BCUT2D eigenvalue weighted by molar-refractivity contribution is 0.446. The third-order valence-corrected chi connectivity index (χ3v) is 9.61. The molecule has 3 heterocycles. The summed E-state index contributed by atoms with van der Waals surface area (Å²) in [6.45, 7) is 6.22. The van der Waals surface area contributed by atoms with Crippen molar-refractivity contribution in [3.63, 3.8) is 0 Å². The van der Waals surface area contributed by atoms with E-state index in [0.717, 1.165) is 61.2 Å². The molecule has 5 heteroatoms. The molecule has 0 saturated heterocycles. The van der Waals surface area contributed by atoms with E-state index in [9.17, 15) is 5.11 Å². The first-order chi connectivity index (χ1) is 24.7. The van der Waals surface area contributed by atoms with E-state index in [2.05, 4.69) is 147 Å². The van der Waals surface area contributed by atoms with Gasteiger partial charge in [-0.05, 0) is 80.8 Å². The van der Waals surface area contributed by atoms with E-state index in [1.807, 2.05) is 29.9 Å². The Hall–Kier alpha value is -6.33. The number of imidazole rings is 1. The quantitative estimate of drug-likeness (QED) is 0.192. The summed E-state index contributed by atoms with van der Waals surface area (Å²) >= 11 is 0. The summed E-state index contributed by atoms with van der Waals surface area (Å²) < 4.78 is 2.04. The highest BCUT2D eigenvalue weighted by atomic mass is 16.3. The minimum absolute atomic E-state index is 0.214. The number of para-hydroxylation sites is 1. The minimum Gasteiger partial charge on any atom is -0.507 e. The van der Waals surface area contributed by atoms with Crippen molar-refractivity contribution < 1.29 is 5.11 Å². The average molecular weight is 663 g/mol. The van der Waals surface area contributed by atoms with E-state index in [1.165, 1.54) is 11.1 Å². The Balaban J connectivity index is 1.25. The molecule has 0 atom stereocenters. The van der Waals surface area contributed by atoms with Gasteiger partial charge in [0.15, 0.2) is 0 Å². The first kappa shape index (κ1) is 31.9. The van der Waals surface area contributed by atoms with Gasteiger partial charge < -0.3 is 9.67 Å². The van der Waals surface area contributed by atoms with Crippen LogP contribution in [0.15, 0.2) is 152 Å². The van der Waals surface area contributed by atoms with Crippen molar-refractivity contribution >= 4 is 11.0 Å². The fraction of sp³-hybridized carbons (Fsp3) is 0.109. The molecule has 8 aromatic rings. The van der Waals surface area contributed by atoms with Crippen LogP contribution < -0.4 is 0 Å². The van der Waals surface area contributed by atoms with Crippen LogP contribution in [0.4, 0.5) is 0 Å². The second-order valence-corrected chi connectivity index (χ2v) is 14.0. The van der Waals surface area contributed by atoms with Crippen LogP contribution in [0.25, 0.3) is 78.2 Å². The summed E-state index contributed by atoms with van der Waals surface area (Å²) in [6, 6.07) is 46.8. The van der Waals surface area contributed by atoms with Crippen LogP contribution in [0.2, 0.25) is 0 Å². The topological polar surface area (TPSA) is 63.8 Å². The lowest BCUT2D eigenvalue weighted by Crippen LogP contribution is -2.12. The van der Waals surface area contributed by atoms with E-state index in [4.69, 9.17) is 9.97 Å². The number of aryl methyl sites for hydroxylation is 1. The van der Waals surface area contributed by atoms with Gasteiger partial charge in [0, 0.05) is 42.3 Å². The first-order valence-electron chi connectivity index (χ1n) is 17.2. The normalized spacial score (nSPS) is 11.6. The molecular weight excluding hydrogens is 625 g/mol. The van der Waals surface area contributed by atoms with Gasteiger partial charge in [-0.15, -0.1) is 0 Å². The fourth-order valence-corrected chi connectivity index (χ4v) is 6.84. The number of aromatic hydroxyl groups is 1. The number of rotatable bonds is 6. The summed E-state index contributed by atoms with van der Waals surface area (Å²) in [5.41, 5.74) is 13.7. The molecule has 0 bridgehead atoms. The molecule has 0 saturated carbocycles. The van der Waals surface area contributed by atoms with Gasteiger partial charge in [0.05, 0.1) is 22.3 Å². The largest absolute Gasteiger partial charge is 0.507 e. The molecule has 0 aliphatic carbocycles. The van der Waals surface area contributed by atoms with Gasteiger partial charge >= 0.3 is 0 Å². The predicted octanol–water partition coefficient (Wildman–Crippen LogP) is 11.4. The number of benzene rings is 5. The van der Waals surface area contributed by atoms with Crippen molar-refractivity contribution in [2.45, 2.75) is 26.2 Å². The number of pyridine rings is 2. The van der Waals surface area contributed by atoms with E-state index in [1.54, 1.807) is 12.4 Å². The molecule has 0 radical (unpaired) electrons. The molecule has 0 unspecified atom stereocenters. The minimum atomic E-state index is -0.270. The zero-order valence-electron chi connectivity index (χ0n) is 29.2. The second kappa shape index (κ2) is 12.8. The molecule has 51 heavy (non-hydrogen) atoms. The third kappa shape index (κ3) is 6.08. The summed E-state index contributed by atoms with van der Waals surface area (Å²) in [5, 5.41) is 11.4. The molecular formula is C46H38N4O. The maximum Gasteiger partial charge on any atom is 0.146 e. The number of hydrogen-bond donors (Lipinski definition) is 1. The van der Waals surface area contributed by atoms with Crippen LogP contribution in [-0.4, -0.2) is 24.6 Å². The van der Waals surface area contributed by atoms with E-state index < -0.39 is 0 Å².